The van der Waals surface area contributed by atoms with Gasteiger partial charge in [-0.15, -0.1) is 5.10 Å². The number of fused-ring (bicyclic) bond motifs is 2. The van der Waals surface area contributed by atoms with Crippen molar-refractivity contribution in [1.82, 2.24) is 35.2 Å². The Hall–Kier alpha value is -3.86. The monoisotopic (exact) mass is 421 g/mol. The van der Waals surface area contributed by atoms with Gasteiger partial charge in [-0.2, -0.15) is 5.10 Å². The Kier molecular flexibility index (Phi) is 5.00. The van der Waals surface area contributed by atoms with Gasteiger partial charge in [-0.05, 0) is 23.4 Å². The fourth-order valence-corrected chi connectivity index (χ4v) is 3.59. The van der Waals surface area contributed by atoms with E-state index in [1.54, 1.807) is 41.4 Å². The Balaban J connectivity index is 1.25. The molecule has 0 aliphatic carbocycles. The van der Waals surface area contributed by atoms with Crippen LogP contribution in [0.4, 0.5) is 0 Å². The normalized spacial score (nSPS) is 16.6. The summed E-state index contributed by atoms with van der Waals surface area (Å²) in [4.78, 5) is 37.7. The number of amides is 1. The molecule has 1 aliphatic heterocycles. The predicted molar refractivity (Wildman–Crippen MR) is 109 cm³/mol. The summed E-state index contributed by atoms with van der Waals surface area (Å²) in [6.07, 6.45) is 1.40. The number of aromatic amines is 1. The summed E-state index contributed by atoms with van der Waals surface area (Å²) in [7, 11) is 0. The molecular formula is C20H19N7O4. The van der Waals surface area contributed by atoms with Crippen LogP contribution in [-0.2, 0) is 16.0 Å². The average Bonchev–Trinajstić information content (AvgIpc) is 3.23. The molecular weight excluding hydrogens is 402 g/mol. The highest BCUT2D eigenvalue weighted by molar-refractivity contribution is 5.88. The zero-order valence-corrected chi connectivity index (χ0v) is 16.5. The molecule has 4 aromatic rings. The Bertz CT molecular complexity index is 1300. The van der Waals surface area contributed by atoms with Crippen LogP contribution in [-0.4, -0.2) is 73.6 Å². The van der Waals surface area contributed by atoms with Gasteiger partial charge < -0.3 is 14.5 Å². The van der Waals surface area contributed by atoms with E-state index in [0.717, 1.165) is 0 Å². The molecule has 11 nitrogen and oxygen atoms in total. The van der Waals surface area contributed by atoms with E-state index in [2.05, 4.69) is 25.5 Å². The number of aromatic nitrogens is 6. The van der Waals surface area contributed by atoms with E-state index in [4.69, 9.17) is 9.57 Å². The first-order chi connectivity index (χ1) is 15.2. The predicted octanol–water partition coefficient (Wildman–Crippen LogP) is -0.0385. The minimum atomic E-state index is -0.319. The Morgan fingerprint density at radius 2 is 2.10 bits per heavy atom. The third-order valence-corrected chi connectivity index (χ3v) is 5.15. The van der Waals surface area contributed by atoms with E-state index in [0.29, 0.717) is 47.3 Å². The van der Waals surface area contributed by atoms with Crippen molar-refractivity contribution in [3.05, 3.63) is 58.6 Å². The van der Waals surface area contributed by atoms with Gasteiger partial charge in [0.1, 0.15) is 18.2 Å². The highest BCUT2D eigenvalue weighted by Crippen LogP contribution is 2.15. The first-order valence-corrected chi connectivity index (χ1v) is 9.84. The molecule has 1 saturated heterocycles. The van der Waals surface area contributed by atoms with Crippen LogP contribution >= 0.6 is 0 Å². The van der Waals surface area contributed by atoms with Gasteiger partial charge in [0.25, 0.3) is 5.56 Å². The minimum absolute atomic E-state index is 0.0858. The standard InChI is InChI=1S/C20H19N7O4/c28-18(10-17-14-4-1-2-5-15(14)20(29)24-22-17)26-8-9-30-13(11-26)12-31-27-19-16(23-25-27)6-3-7-21-19/h1-7,13H,8-12H2,(H,24,29). The summed E-state index contributed by atoms with van der Waals surface area (Å²) < 4.78 is 5.74. The number of H-pyrrole nitrogens is 1. The molecule has 1 fully saturated rings. The number of ether oxygens (including phenoxy) is 1. The number of benzene rings is 1. The largest absolute Gasteiger partial charge is 0.391 e. The van der Waals surface area contributed by atoms with Crippen molar-refractivity contribution in [1.29, 1.82) is 0 Å². The number of nitrogens with one attached hydrogen (secondary N) is 1. The van der Waals surface area contributed by atoms with Crippen LogP contribution in [0.15, 0.2) is 47.4 Å². The molecule has 1 aliphatic rings. The molecule has 1 N–H and O–H groups in total. The molecule has 3 aromatic heterocycles. The molecule has 1 aromatic carbocycles. The van der Waals surface area contributed by atoms with Gasteiger partial charge in [-0.1, -0.05) is 23.0 Å². The zero-order valence-electron chi connectivity index (χ0n) is 16.5. The summed E-state index contributed by atoms with van der Waals surface area (Å²) in [5.41, 5.74) is 1.41. The summed E-state index contributed by atoms with van der Waals surface area (Å²) in [6.45, 7) is 1.44. The topological polar surface area (TPSA) is 128 Å². The summed E-state index contributed by atoms with van der Waals surface area (Å²) in [5, 5.41) is 15.7. The van der Waals surface area contributed by atoms with E-state index < -0.39 is 0 Å². The highest BCUT2D eigenvalue weighted by Gasteiger charge is 2.26. The number of hydrogen-bond donors (Lipinski definition) is 1. The molecule has 31 heavy (non-hydrogen) atoms. The lowest BCUT2D eigenvalue weighted by Gasteiger charge is -2.32. The van der Waals surface area contributed by atoms with Crippen molar-refractivity contribution in [2.45, 2.75) is 12.5 Å². The van der Waals surface area contributed by atoms with Crippen molar-refractivity contribution >= 4 is 27.8 Å². The van der Waals surface area contributed by atoms with Crippen molar-refractivity contribution < 1.29 is 14.4 Å². The maximum absolute atomic E-state index is 12.9. The molecule has 11 heteroatoms. The van der Waals surface area contributed by atoms with Crippen LogP contribution in [0.3, 0.4) is 0 Å². The molecule has 1 unspecified atom stereocenters. The smallest absolute Gasteiger partial charge is 0.272 e. The first-order valence-electron chi connectivity index (χ1n) is 9.84. The second-order valence-electron chi connectivity index (χ2n) is 7.16. The van der Waals surface area contributed by atoms with Crippen LogP contribution < -0.4 is 10.4 Å². The highest BCUT2D eigenvalue weighted by atomic mass is 16.7. The molecule has 0 saturated carbocycles. The second kappa shape index (κ2) is 8.11. The van der Waals surface area contributed by atoms with Gasteiger partial charge in [0.2, 0.25) is 11.6 Å². The second-order valence-corrected chi connectivity index (χ2v) is 7.16. The van der Waals surface area contributed by atoms with Gasteiger partial charge in [0.05, 0.1) is 30.7 Å². The van der Waals surface area contributed by atoms with Gasteiger partial charge in [-0.25, -0.2) is 10.1 Å². The number of carbonyl (C=O) groups is 1. The number of rotatable bonds is 5. The van der Waals surface area contributed by atoms with Crippen LogP contribution in [0.2, 0.25) is 0 Å². The third-order valence-electron chi connectivity index (χ3n) is 5.15. The maximum Gasteiger partial charge on any atom is 0.272 e. The molecule has 0 bridgehead atoms. The summed E-state index contributed by atoms with van der Waals surface area (Å²) in [5.74, 6) is -0.0918. The molecule has 1 atom stereocenters. The zero-order chi connectivity index (χ0) is 21.2. The summed E-state index contributed by atoms with van der Waals surface area (Å²) >= 11 is 0. The van der Waals surface area contributed by atoms with Gasteiger partial charge in [-0.3, -0.25) is 9.59 Å². The van der Waals surface area contributed by atoms with Crippen LogP contribution in [0.5, 0.6) is 0 Å². The van der Waals surface area contributed by atoms with Crippen molar-refractivity contribution in [3.63, 3.8) is 0 Å². The molecule has 0 spiro atoms. The average molecular weight is 421 g/mol. The van der Waals surface area contributed by atoms with E-state index in [1.165, 1.54) is 4.85 Å². The van der Waals surface area contributed by atoms with E-state index in [-0.39, 0.29) is 30.6 Å². The van der Waals surface area contributed by atoms with Gasteiger partial charge in [0.15, 0.2) is 0 Å². The number of pyridine rings is 1. The lowest BCUT2D eigenvalue weighted by atomic mass is 10.1. The Labute approximate surface area is 175 Å². The lowest BCUT2D eigenvalue weighted by molar-refractivity contribution is -0.141. The van der Waals surface area contributed by atoms with Crippen molar-refractivity contribution in [3.8, 4) is 0 Å². The fourth-order valence-electron chi connectivity index (χ4n) is 3.59. The van der Waals surface area contributed by atoms with E-state index in [9.17, 15) is 9.59 Å². The first kappa shape index (κ1) is 19.1. The van der Waals surface area contributed by atoms with Crippen LogP contribution in [0.1, 0.15) is 5.69 Å². The van der Waals surface area contributed by atoms with Gasteiger partial charge in [0, 0.05) is 18.1 Å². The Morgan fingerprint density at radius 3 is 3.00 bits per heavy atom. The third kappa shape index (κ3) is 3.82. The Morgan fingerprint density at radius 1 is 1.23 bits per heavy atom. The summed E-state index contributed by atoms with van der Waals surface area (Å²) in [6, 6.07) is 10.7. The fraction of sp³-hybridized carbons (Fsp3) is 0.300. The minimum Gasteiger partial charge on any atom is -0.391 e. The molecule has 1 amide bonds. The number of nitrogens with zero attached hydrogens (tertiary/aromatic N) is 6. The van der Waals surface area contributed by atoms with Crippen molar-refractivity contribution in [2.75, 3.05) is 26.3 Å². The van der Waals surface area contributed by atoms with Crippen LogP contribution in [0.25, 0.3) is 21.9 Å². The quantitative estimate of drug-likeness (QED) is 0.475. The molecule has 4 heterocycles. The van der Waals surface area contributed by atoms with Crippen LogP contribution in [0, 0.1) is 0 Å². The van der Waals surface area contributed by atoms with Gasteiger partial charge >= 0.3 is 0 Å². The molecule has 158 valence electrons. The molecule has 0 radical (unpaired) electrons. The lowest BCUT2D eigenvalue weighted by Crippen LogP contribution is -2.48. The number of morpholine rings is 1. The maximum atomic E-state index is 12.9. The van der Waals surface area contributed by atoms with E-state index >= 15 is 0 Å². The molecule has 5 rings (SSSR count). The van der Waals surface area contributed by atoms with E-state index in [1.807, 2.05) is 6.07 Å². The van der Waals surface area contributed by atoms with Crippen molar-refractivity contribution in [2.24, 2.45) is 0 Å². The SMILES string of the molecule is O=C(Cc1n[nH]c(=O)c2ccccc12)N1CCOC(COn2nnc3cccnc32)C1. The number of carbonyl (C=O) groups excluding carboxylic acids is 1. The number of hydrogen-bond acceptors (Lipinski definition) is 8.